The van der Waals surface area contributed by atoms with Crippen LogP contribution in [-0.4, -0.2) is 53.1 Å². The normalized spacial score (nSPS) is 22.3. The van der Waals surface area contributed by atoms with E-state index in [-0.39, 0.29) is 6.03 Å². The topological polar surface area (TPSA) is 60.9 Å². The Hall–Kier alpha value is -1.52. The first-order valence-corrected chi connectivity index (χ1v) is 6.89. The maximum absolute atomic E-state index is 12.4. The number of hydrogen-bond acceptors (Lipinski definition) is 2. The van der Waals surface area contributed by atoms with Crippen molar-refractivity contribution < 1.29 is 14.7 Å². The first kappa shape index (κ1) is 15.5. The fourth-order valence-corrected chi connectivity index (χ4v) is 2.54. The zero-order valence-corrected chi connectivity index (χ0v) is 11.9. The Morgan fingerprint density at radius 3 is 2.58 bits per heavy atom. The van der Waals surface area contributed by atoms with E-state index >= 15 is 0 Å². The standard InChI is InChI=1S/C14H24N2O3/c1-4-8-15(9-5-2)13(19)16-10-7-14(6-3,11-16)12(17)18/h4H,1,5-11H2,2-3H3,(H,17,18). The first-order chi connectivity index (χ1) is 9.00. The summed E-state index contributed by atoms with van der Waals surface area (Å²) in [4.78, 5) is 27.1. The molecule has 1 fully saturated rings. The molecule has 19 heavy (non-hydrogen) atoms. The molecule has 0 aromatic carbocycles. The molecule has 1 aliphatic heterocycles. The van der Waals surface area contributed by atoms with Crippen molar-refractivity contribution in [2.24, 2.45) is 5.41 Å². The zero-order chi connectivity index (χ0) is 14.5. The molecule has 1 aliphatic rings. The lowest BCUT2D eigenvalue weighted by Crippen LogP contribution is -2.44. The molecule has 0 bridgehead atoms. The molecule has 0 aromatic heterocycles. The second-order valence-corrected chi connectivity index (χ2v) is 5.13. The van der Waals surface area contributed by atoms with Crippen LogP contribution in [0, 0.1) is 5.41 Å². The number of carbonyl (C=O) groups excluding carboxylic acids is 1. The Labute approximate surface area is 114 Å². The van der Waals surface area contributed by atoms with Gasteiger partial charge >= 0.3 is 12.0 Å². The highest BCUT2D eigenvalue weighted by molar-refractivity contribution is 5.79. The number of carboxylic acid groups (broad SMARTS) is 1. The average Bonchev–Trinajstić information content (AvgIpc) is 2.83. The summed E-state index contributed by atoms with van der Waals surface area (Å²) in [6.45, 7) is 9.57. The minimum Gasteiger partial charge on any atom is -0.481 e. The summed E-state index contributed by atoms with van der Waals surface area (Å²) in [7, 11) is 0. The van der Waals surface area contributed by atoms with E-state index in [1.165, 1.54) is 0 Å². The molecule has 1 N–H and O–H groups in total. The van der Waals surface area contributed by atoms with E-state index in [0.29, 0.717) is 39.0 Å². The van der Waals surface area contributed by atoms with Crippen LogP contribution in [0.15, 0.2) is 12.7 Å². The molecule has 0 aromatic rings. The van der Waals surface area contributed by atoms with E-state index in [2.05, 4.69) is 6.58 Å². The molecular weight excluding hydrogens is 244 g/mol. The van der Waals surface area contributed by atoms with Gasteiger partial charge in [0.05, 0.1) is 5.41 Å². The molecule has 0 spiro atoms. The van der Waals surface area contributed by atoms with Crippen molar-refractivity contribution in [1.82, 2.24) is 9.80 Å². The molecule has 0 saturated carbocycles. The molecule has 5 heteroatoms. The van der Waals surface area contributed by atoms with Gasteiger partial charge in [-0.1, -0.05) is 19.9 Å². The molecule has 0 aliphatic carbocycles. The third-order valence-corrected chi connectivity index (χ3v) is 3.87. The van der Waals surface area contributed by atoms with Crippen LogP contribution in [0.5, 0.6) is 0 Å². The predicted molar refractivity (Wildman–Crippen MR) is 74.0 cm³/mol. The molecule has 5 nitrogen and oxygen atoms in total. The number of amides is 2. The number of nitrogens with zero attached hydrogens (tertiary/aromatic N) is 2. The van der Waals surface area contributed by atoms with Gasteiger partial charge < -0.3 is 14.9 Å². The van der Waals surface area contributed by atoms with Crippen molar-refractivity contribution in [3.63, 3.8) is 0 Å². The minimum atomic E-state index is -0.795. The van der Waals surface area contributed by atoms with Crippen molar-refractivity contribution in [3.8, 4) is 0 Å². The van der Waals surface area contributed by atoms with Crippen molar-refractivity contribution in [2.45, 2.75) is 33.1 Å². The number of aliphatic carboxylic acids is 1. The third-order valence-electron chi connectivity index (χ3n) is 3.87. The van der Waals surface area contributed by atoms with Crippen molar-refractivity contribution in [2.75, 3.05) is 26.2 Å². The van der Waals surface area contributed by atoms with Crippen LogP contribution < -0.4 is 0 Å². The lowest BCUT2D eigenvalue weighted by molar-refractivity contribution is -0.148. The first-order valence-electron chi connectivity index (χ1n) is 6.89. The average molecular weight is 268 g/mol. The van der Waals surface area contributed by atoms with Gasteiger partial charge in [0.2, 0.25) is 0 Å². The van der Waals surface area contributed by atoms with Crippen LogP contribution in [0.4, 0.5) is 4.79 Å². The maximum Gasteiger partial charge on any atom is 0.320 e. The van der Waals surface area contributed by atoms with Gasteiger partial charge in [-0.2, -0.15) is 0 Å². The highest BCUT2D eigenvalue weighted by atomic mass is 16.4. The summed E-state index contributed by atoms with van der Waals surface area (Å²) in [6, 6.07) is -0.0710. The van der Waals surface area contributed by atoms with Crippen LogP contribution in [0.25, 0.3) is 0 Å². The van der Waals surface area contributed by atoms with Gasteiger partial charge in [-0.3, -0.25) is 4.79 Å². The molecule has 0 radical (unpaired) electrons. The fraction of sp³-hybridized carbons (Fsp3) is 0.714. The molecule has 1 unspecified atom stereocenters. The number of urea groups is 1. The Morgan fingerprint density at radius 2 is 2.16 bits per heavy atom. The highest BCUT2D eigenvalue weighted by Crippen LogP contribution is 2.34. The molecule has 1 saturated heterocycles. The van der Waals surface area contributed by atoms with E-state index in [1.54, 1.807) is 15.9 Å². The van der Waals surface area contributed by atoms with Crippen LogP contribution in [-0.2, 0) is 4.79 Å². The predicted octanol–water partition coefficient (Wildman–Crippen LogP) is 2.19. The molecule has 1 rings (SSSR count). The number of hydrogen-bond donors (Lipinski definition) is 1. The van der Waals surface area contributed by atoms with Crippen molar-refractivity contribution >= 4 is 12.0 Å². The van der Waals surface area contributed by atoms with Gasteiger partial charge in [-0.05, 0) is 19.3 Å². The van der Waals surface area contributed by atoms with Gasteiger partial charge in [0.15, 0.2) is 0 Å². The molecule has 2 amide bonds. The van der Waals surface area contributed by atoms with Crippen LogP contribution in [0.1, 0.15) is 33.1 Å². The van der Waals surface area contributed by atoms with Gasteiger partial charge in [0.1, 0.15) is 0 Å². The summed E-state index contributed by atoms with van der Waals surface area (Å²) < 4.78 is 0. The zero-order valence-electron chi connectivity index (χ0n) is 11.9. The van der Waals surface area contributed by atoms with E-state index in [0.717, 1.165) is 6.42 Å². The van der Waals surface area contributed by atoms with Gasteiger partial charge in [0.25, 0.3) is 0 Å². The summed E-state index contributed by atoms with van der Waals surface area (Å²) >= 11 is 0. The number of carbonyl (C=O) groups is 2. The quantitative estimate of drug-likeness (QED) is 0.751. The van der Waals surface area contributed by atoms with Crippen LogP contribution in [0.2, 0.25) is 0 Å². The minimum absolute atomic E-state index is 0.0710. The largest absolute Gasteiger partial charge is 0.481 e. The SMILES string of the molecule is C=CCN(CCC)C(=O)N1CCC(CC)(C(=O)O)C1. The summed E-state index contributed by atoms with van der Waals surface area (Å²) in [5, 5.41) is 9.34. The summed E-state index contributed by atoms with van der Waals surface area (Å²) in [5.74, 6) is -0.795. The number of likely N-dealkylation sites (tertiary alicyclic amines) is 1. The Bertz CT molecular complexity index is 357. The Morgan fingerprint density at radius 1 is 1.47 bits per heavy atom. The number of carboxylic acids is 1. The van der Waals surface area contributed by atoms with E-state index in [4.69, 9.17) is 0 Å². The van der Waals surface area contributed by atoms with Crippen LogP contribution in [0.3, 0.4) is 0 Å². The fourth-order valence-electron chi connectivity index (χ4n) is 2.54. The second kappa shape index (κ2) is 6.59. The Kier molecular flexibility index (Phi) is 5.39. The van der Waals surface area contributed by atoms with Crippen molar-refractivity contribution in [1.29, 1.82) is 0 Å². The summed E-state index contributed by atoms with van der Waals surface area (Å²) in [6.07, 6.45) is 3.68. The lowest BCUT2D eigenvalue weighted by Gasteiger charge is -2.28. The van der Waals surface area contributed by atoms with E-state index in [9.17, 15) is 14.7 Å². The summed E-state index contributed by atoms with van der Waals surface area (Å²) in [5.41, 5.74) is -0.762. The smallest absolute Gasteiger partial charge is 0.320 e. The monoisotopic (exact) mass is 268 g/mol. The van der Waals surface area contributed by atoms with Crippen LogP contribution >= 0.6 is 0 Å². The maximum atomic E-state index is 12.4. The molecule has 1 atom stereocenters. The molecule has 108 valence electrons. The molecular formula is C14H24N2O3. The van der Waals surface area contributed by atoms with Gasteiger partial charge in [0, 0.05) is 26.2 Å². The van der Waals surface area contributed by atoms with Gasteiger partial charge in [-0.15, -0.1) is 6.58 Å². The third kappa shape index (κ3) is 3.28. The molecule has 1 heterocycles. The number of rotatable bonds is 6. The van der Waals surface area contributed by atoms with Gasteiger partial charge in [-0.25, -0.2) is 4.79 Å². The van der Waals surface area contributed by atoms with E-state index in [1.807, 2.05) is 13.8 Å². The van der Waals surface area contributed by atoms with Crippen molar-refractivity contribution in [3.05, 3.63) is 12.7 Å². The second-order valence-electron chi connectivity index (χ2n) is 5.13. The van der Waals surface area contributed by atoms with E-state index < -0.39 is 11.4 Å². The lowest BCUT2D eigenvalue weighted by atomic mass is 9.84. The highest BCUT2D eigenvalue weighted by Gasteiger charge is 2.45. The Balaban J connectivity index is 2.74.